The van der Waals surface area contributed by atoms with Crippen LogP contribution in [-0.4, -0.2) is 6.18 Å². The summed E-state index contributed by atoms with van der Waals surface area (Å²) < 4.78 is 38.2. The van der Waals surface area contributed by atoms with Crippen LogP contribution >= 0.6 is 11.3 Å². The van der Waals surface area contributed by atoms with E-state index in [0.29, 0.717) is 5.39 Å². The molecule has 0 aliphatic rings. The molecule has 2 rings (SSSR count). The van der Waals surface area contributed by atoms with Crippen molar-refractivity contribution < 1.29 is 13.2 Å². The highest BCUT2D eigenvalue weighted by Crippen LogP contribution is 2.38. The molecule has 0 nitrogen and oxygen atoms in total. The third-order valence-electron chi connectivity index (χ3n) is 2.15. The second-order valence-corrected chi connectivity index (χ2v) is 4.03. The number of halogens is 3. The van der Waals surface area contributed by atoms with E-state index >= 15 is 0 Å². The van der Waals surface area contributed by atoms with Gasteiger partial charge in [-0.3, -0.25) is 0 Å². The molecular formula is C11H7F3S. The lowest BCUT2D eigenvalue weighted by Gasteiger charge is -2.08. The summed E-state index contributed by atoms with van der Waals surface area (Å²) in [5, 5.41) is 2.12. The summed E-state index contributed by atoms with van der Waals surface area (Å²) in [6, 6.07) is 7.01. The molecule has 0 aliphatic carbocycles. The van der Waals surface area contributed by atoms with Crippen molar-refractivity contribution in [3.05, 3.63) is 41.8 Å². The number of thiophene rings is 1. The summed E-state index contributed by atoms with van der Waals surface area (Å²) in [6.45, 7) is 3.10. The van der Waals surface area contributed by atoms with Crippen LogP contribution in [0.3, 0.4) is 0 Å². The molecule has 1 aromatic heterocycles. The van der Waals surface area contributed by atoms with Crippen LogP contribution < -0.4 is 0 Å². The Hall–Kier alpha value is -1.29. The minimum absolute atomic E-state index is 0.183. The average molecular weight is 228 g/mol. The van der Waals surface area contributed by atoms with Crippen LogP contribution in [-0.2, 0) is 0 Å². The molecule has 0 saturated heterocycles. The lowest BCUT2D eigenvalue weighted by atomic mass is 10.1. The van der Waals surface area contributed by atoms with Gasteiger partial charge in [-0.25, -0.2) is 0 Å². The van der Waals surface area contributed by atoms with E-state index in [2.05, 4.69) is 6.58 Å². The molecule has 0 saturated carbocycles. The highest BCUT2D eigenvalue weighted by atomic mass is 32.1. The lowest BCUT2D eigenvalue weighted by molar-refractivity contribution is -0.0685. The minimum Gasteiger partial charge on any atom is -0.166 e. The van der Waals surface area contributed by atoms with Crippen LogP contribution in [0.1, 0.15) is 5.56 Å². The topological polar surface area (TPSA) is 0 Å². The van der Waals surface area contributed by atoms with Gasteiger partial charge < -0.3 is 0 Å². The normalized spacial score (nSPS) is 11.9. The monoisotopic (exact) mass is 228 g/mol. The van der Waals surface area contributed by atoms with Gasteiger partial charge in [-0.05, 0) is 11.4 Å². The summed E-state index contributed by atoms with van der Waals surface area (Å²) >= 11 is 1.30. The number of benzene rings is 1. The fraction of sp³-hybridized carbons (Fsp3) is 0.0909. The van der Waals surface area contributed by atoms with Crippen molar-refractivity contribution in [3.8, 4) is 0 Å². The van der Waals surface area contributed by atoms with Gasteiger partial charge in [0.25, 0.3) is 0 Å². The maximum Gasteiger partial charge on any atom is 0.416 e. The quantitative estimate of drug-likeness (QED) is 0.675. The molecule has 0 N–H and O–H groups in total. The van der Waals surface area contributed by atoms with Crippen molar-refractivity contribution in [3.63, 3.8) is 0 Å². The van der Waals surface area contributed by atoms with Gasteiger partial charge in [0.05, 0.1) is 5.57 Å². The first-order valence-corrected chi connectivity index (χ1v) is 5.11. The predicted molar refractivity (Wildman–Crippen MR) is 56.9 cm³/mol. The molecule has 1 aromatic carbocycles. The van der Waals surface area contributed by atoms with E-state index in [1.54, 1.807) is 24.3 Å². The fourth-order valence-corrected chi connectivity index (χ4v) is 2.34. The Morgan fingerprint density at radius 2 is 1.87 bits per heavy atom. The molecule has 0 radical (unpaired) electrons. The molecule has 0 bridgehead atoms. The van der Waals surface area contributed by atoms with E-state index in [0.717, 1.165) is 4.70 Å². The van der Waals surface area contributed by atoms with Gasteiger partial charge in [0.15, 0.2) is 0 Å². The maximum atomic E-state index is 12.4. The van der Waals surface area contributed by atoms with Gasteiger partial charge in [0, 0.05) is 15.6 Å². The first-order chi connectivity index (χ1) is 7.00. The molecule has 2 aromatic rings. The Morgan fingerprint density at radius 1 is 1.20 bits per heavy atom. The van der Waals surface area contributed by atoms with Gasteiger partial charge in [0.2, 0.25) is 0 Å². The molecule has 0 amide bonds. The molecule has 1 heterocycles. The highest BCUT2D eigenvalue weighted by molar-refractivity contribution is 7.17. The summed E-state index contributed by atoms with van der Waals surface area (Å²) in [4.78, 5) is 0. The van der Waals surface area contributed by atoms with Crippen LogP contribution in [0.2, 0.25) is 0 Å². The predicted octanol–water partition coefficient (Wildman–Crippen LogP) is 4.48. The zero-order chi connectivity index (χ0) is 11.1. The largest absolute Gasteiger partial charge is 0.416 e. The van der Waals surface area contributed by atoms with Crippen molar-refractivity contribution in [1.82, 2.24) is 0 Å². The van der Waals surface area contributed by atoms with Crippen molar-refractivity contribution in [2.75, 3.05) is 0 Å². The highest BCUT2D eigenvalue weighted by Gasteiger charge is 2.33. The maximum absolute atomic E-state index is 12.4. The van der Waals surface area contributed by atoms with Crippen molar-refractivity contribution in [1.29, 1.82) is 0 Å². The lowest BCUT2D eigenvalue weighted by Crippen LogP contribution is -2.08. The van der Waals surface area contributed by atoms with Crippen molar-refractivity contribution in [2.24, 2.45) is 0 Å². The Bertz CT molecular complexity index is 508. The van der Waals surface area contributed by atoms with Crippen LogP contribution in [0.4, 0.5) is 13.2 Å². The van der Waals surface area contributed by atoms with E-state index in [9.17, 15) is 13.2 Å². The van der Waals surface area contributed by atoms with Gasteiger partial charge in [-0.1, -0.05) is 24.8 Å². The van der Waals surface area contributed by atoms with Gasteiger partial charge in [-0.2, -0.15) is 13.2 Å². The number of allylic oxidation sites excluding steroid dienone is 1. The molecule has 0 fully saturated rings. The molecule has 78 valence electrons. The molecule has 0 spiro atoms. The van der Waals surface area contributed by atoms with Gasteiger partial charge in [0.1, 0.15) is 0 Å². The van der Waals surface area contributed by atoms with Crippen LogP contribution in [0.15, 0.2) is 36.2 Å². The molecule has 0 unspecified atom stereocenters. The smallest absolute Gasteiger partial charge is 0.166 e. The number of rotatable bonds is 1. The average Bonchev–Trinajstić information content (AvgIpc) is 2.58. The second kappa shape index (κ2) is 3.38. The molecule has 15 heavy (non-hydrogen) atoms. The third kappa shape index (κ3) is 1.77. The standard InChI is InChI=1S/C11H7F3S/c1-7(11(12,13)14)9-6-15-10-5-3-2-4-8(9)10/h2-6H,1H2. The Labute approximate surface area is 88.7 Å². The Kier molecular flexibility index (Phi) is 2.31. The molecular weight excluding hydrogens is 221 g/mol. The molecule has 4 heteroatoms. The van der Waals surface area contributed by atoms with Gasteiger partial charge in [-0.15, -0.1) is 11.3 Å². The Balaban J connectivity index is 2.58. The van der Waals surface area contributed by atoms with Crippen molar-refractivity contribution >= 4 is 27.0 Å². The number of hydrogen-bond donors (Lipinski definition) is 0. The van der Waals surface area contributed by atoms with Crippen LogP contribution in [0, 0.1) is 0 Å². The summed E-state index contributed by atoms with van der Waals surface area (Å²) in [5.41, 5.74) is -0.594. The Morgan fingerprint density at radius 3 is 2.53 bits per heavy atom. The zero-order valence-electron chi connectivity index (χ0n) is 7.64. The summed E-state index contributed by atoms with van der Waals surface area (Å²) in [5.74, 6) is 0. The second-order valence-electron chi connectivity index (χ2n) is 3.12. The van der Waals surface area contributed by atoms with Gasteiger partial charge >= 0.3 is 6.18 Å². The van der Waals surface area contributed by atoms with Crippen LogP contribution in [0.25, 0.3) is 15.7 Å². The van der Waals surface area contributed by atoms with Crippen molar-refractivity contribution in [2.45, 2.75) is 6.18 Å². The SMILES string of the molecule is C=C(c1csc2ccccc12)C(F)(F)F. The zero-order valence-corrected chi connectivity index (χ0v) is 8.45. The number of alkyl halides is 3. The third-order valence-corrected chi connectivity index (χ3v) is 3.11. The number of hydrogen-bond acceptors (Lipinski definition) is 1. The van der Waals surface area contributed by atoms with E-state index in [1.165, 1.54) is 16.7 Å². The number of fused-ring (bicyclic) bond motifs is 1. The summed E-state index contributed by atoms with van der Waals surface area (Å²) in [7, 11) is 0. The first-order valence-electron chi connectivity index (χ1n) is 4.23. The molecule has 0 aliphatic heterocycles. The molecule has 0 atom stereocenters. The van der Waals surface area contributed by atoms with E-state index < -0.39 is 11.7 Å². The fourth-order valence-electron chi connectivity index (χ4n) is 1.36. The van der Waals surface area contributed by atoms with E-state index in [1.807, 2.05) is 0 Å². The minimum atomic E-state index is -4.36. The first kappa shape index (κ1) is 10.2. The van der Waals surface area contributed by atoms with Crippen LogP contribution in [0.5, 0.6) is 0 Å². The summed E-state index contributed by atoms with van der Waals surface area (Å²) in [6.07, 6.45) is -4.36. The van der Waals surface area contributed by atoms with E-state index in [-0.39, 0.29) is 5.56 Å². The van der Waals surface area contributed by atoms with E-state index in [4.69, 9.17) is 0 Å².